The van der Waals surface area contributed by atoms with E-state index in [1.165, 1.54) is 24.3 Å². The van der Waals surface area contributed by atoms with Crippen molar-refractivity contribution in [1.82, 2.24) is 9.97 Å². The van der Waals surface area contributed by atoms with Crippen molar-refractivity contribution in [1.29, 1.82) is 0 Å². The zero-order valence-electron chi connectivity index (χ0n) is 8.82. The van der Waals surface area contributed by atoms with Crippen LogP contribution in [0.4, 0.5) is 14.5 Å². The van der Waals surface area contributed by atoms with Crippen LogP contribution in [0.25, 0.3) is 0 Å². The Labute approximate surface area is 109 Å². The van der Waals surface area contributed by atoms with Gasteiger partial charge in [0, 0.05) is 5.69 Å². The number of nitrogens with zero attached hydrogens (tertiary/aromatic N) is 2. The Balaban J connectivity index is 2.21. The lowest BCUT2D eigenvalue weighted by atomic mass is 10.3. The maximum atomic E-state index is 13.3. The van der Waals surface area contributed by atoms with Crippen molar-refractivity contribution in [3.8, 4) is 0 Å². The molecule has 0 atom stereocenters. The summed E-state index contributed by atoms with van der Waals surface area (Å²) >= 11 is 2.99. The summed E-state index contributed by atoms with van der Waals surface area (Å²) in [6.45, 7) is 0. The van der Waals surface area contributed by atoms with Gasteiger partial charge in [-0.2, -0.15) is 4.39 Å². The van der Waals surface area contributed by atoms with Gasteiger partial charge in [0.2, 0.25) is 5.95 Å². The van der Waals surface area contributed by atoms with Gasteiger partial charge in [-0.3, -0.25) is 4.79 Å². The number of anilines is 1. The molecule has 0 saturated carbocycles. The van der Waals surface area contributed by atoms with Crippen molar-refractivity contribution in [3.63, 3.8) is 0 Å². The molecule has 7 heteroatoms. The smallest absolute Gasteiger partial charge is 0.279 e. The highest BCUT2D eigenvalue weighted by molar-refractivity contribution is 9.10. The minimum Gasteiger partial charge on any atom is -0.321 e. The van der Waals surface area contributed by atoms with Gasteiger partial charge in [-0.05, 0) is 40.2 Å². The van der Waals surface area contributed by atoms with Crippen LogP contribution in [0.5, 0.6) is 0 Å². The van der Waals surface area contributed by atoms with E-state index >= 15 is 0 Å². The molecule has 18 heavy (non-hydrogen) atoms. The van der Waals surface area contributed by atoms with Crippen LogP contribution in [-0.2, 0) is 0 Å². The largest absolute Gasteiger partial charge is 0.321 e. The highest BCUT2D eigenvalue weighted by Gasteiger charge is 2.15. The Kier molecular flexibility index (Phi) is 3.61. The van der Waals surface area contributed by atoms with E-state index in [4.69, 9.17) is 0 Å². The fraction of sp³-hybridized carbons (Fsp3) is 0. The van der Waals surface area contributed by atoms with Gasteiger partial charge in [0.05, 0.1) is 6.20 Å². The quantitative estimate of drug-likeness (QED) is 0.927. The van der Waals surface area contributed by atoms with Gasteiger partial charge in [0.15, 0.2) is 5.69 Å². The van der Waals surface area contributed by atoms with Crippen molar-refractivity contribution in [3.05, 3.63) is 52.5 Å². The van der Waals surface area contributed by atoms with E-state index in [1.54, 1.807) is 0 Å². The van der Waals surface area contributed by atoms with Crippen LogP contribution in [0.2, 0.25) is 0 Å². The topological polar surface area (TPSA) is 54.9 Å². The normalized spacial score (nSPS) is 10.2. The minimum atomic E-state index is -0.974. The van der Waals surface area contributed by atoms with E-state index in [1.807, 2.05) is 0 Å². The third kappa shape index (κ3) is 2.86. The molecule has 0 aliphatic rings. The number of benzene rings is 1. The van der Waals surface area contributed by atoms with Crippen LogP contribution < -0.4 is 5.32 Å². The average molecular weight is 314 g/mol. The van der Waals surface area contributed by atoms with Crippen LogP contribution in [0.3, 0.4) is 0 Å². The number of amides is 1. The van der Waals surface area contributed by atoms with E-state index in [2.05, 4.69) is 31.2 Å². The lowest BCUT2D eigenvalue weighted by molar-refractivity contribution is 0.101. The lowest BCUT2D eigenvalue weighted by Gasteiger charge is -2.05. The highest BCUT2D eigenvalue weighted by Crippen LogP contribution is 2.12. The van der Waals surface area contributed by atoms with Crippen molar-refractivity contribution < 1.29 is 13.6 Å². The summed E-state index contributed by atoms with van der Waals surface area (Å²) in [5.74, 6) is -2.16. The van der Waals surface area contributed by atoms with Crippen LogP contribution in [0, 0.1) is 11.8 Å². The molecular formula is C11H6BrF2N3O. The first-order chi connectivity index (χ1) is 8.56. The van der Waals surface area contributed by atoms with Gasteiger partial charge in [-0.1, -0.05) is 0 Å². The molecule has 0 fully saturated rings. The van der Waals surface area contributed by atoms with Crippen LogP contribution >= 0.6 is 15.9 Å². The molecule has 2 rings (SSSR count). The molecule has 92 valence electrons. The molecule has 0 saturated heterocycles. The van der Waals surface area contributed by atoms with E-state index in [-0.39, 0.29) is 4.60 Å². The summed E-state index contributed by atoms with van der Waals surface area (Å²) in [7, 11) is 0. The third-order valence-corrected chi connectivity index (χ3v) is 2.40. The van der Waals surface area contributed by atoms with Crippen LogP contribution in [-0.4, -0.2) is 15.9 Å². The number of carbonyl (C=O) groups excluding carboxylic acids is 1. The van der Waals surface area contributed by atoms with Crippen molar-refractivity contribution in [2.75, 3.05) is 5.32 Å². The van der Waals surface area contributed by atoms with Gasteiger partial charge in [-0.15, -0.1) is 0 Å². The molecule has 0 spiro atoms. The molecule has 1 amide bonds. The standard InChI is InChI=1S/C11H6BrF2N3O/c12-8-5-15-10(14)9(17-8)11(18)16-7-3-1-6(13)2-4-7/h1-5H,(H,16,18). The molecule has 1 N–H and O–H groups in total. The maximum Gasteiger partial charge on any atom is 0.279 e. The number of halogens is 3. The fourth-order valence-corrected chi connectivity index (χ4v) is 1.50. The highest BCUT2D eigenvalue weighted by atomic mass is 79.9. The molecule has 0 radical (unpaired) electrons. The monoisotopic (exact) mass is 313 g/mol. The fourth-order valence-electron chi connectivity index (χ4n) is 1.22. The molecule has 1 heterocycles. The van der Waals surface area contributed by atoms with Gasteiger partial charge < -0.3 is 5.32 Å². The molecule has 2 aromatic rings. The second-order valence-corrected chi connectivity index (χ2v) is 4.11. The first-order valence-corrected chi connectivity index (χ1v) is 5.60. The number of nitrogens with one attached hydrogen (secondary N) is 1. The zero-order valence-corrected chi connectivity index (χ0v) is 10.4. The SMILES string of the molecule is O=C(Nc1ccc(F)cc1)c1nc(Br)cnc1F. The number of carbonyl (C=O) groups is 1. The van der Waals surface area contributed by atoms with Crippen LogP contribution in [0.1, 0.15) is 10.5 Å². The predicted octanol–water partition coefficient (Wildman–Crippen LogP) is 2.77. The zero-order chi connectivity index (χ0) is 13.1. The summed E-state index contributed by atoms with van der Waals surface area (Å²) in [4.78, 5) is 18.7. The molecule has 0 aliphatic carbocycles. The Morgan fingerprint density at radius 2 is 1.89 bits per heavy atom. The Bertz CT molecular complexity index is 589. The first kappa shape index (κ1) is 12.6. The first-order valence-electron chi connectivity index (χ1n) is 4.81. The van der Waals surface area contributed by atoms with Crippen LogP contribution in [0.15, 0.2) is 35.1 Å². The molecule has 0 bridgehead atoms. The van der Waals surface area contributed by atoms with E-state index in [0.717, 1.165) is 6.20 Å². The Morgan fingerprint density at radius 1 is 1.22 bits per heavy atom. The van der Waals surface area contributed by atoms with Crippen molar-refractivity contribution >= 4 is 27.5 Å². The summed E-state index contributed by atoms with van der Waals surface area (Å²) < 4.78 is 26.2. The van der Waals surface area contributed by atoms with Gasteiger partial charge in [0.1, 0.15) is 10.4 Å². The molecule has 1 aromatic heterocycles. The van der Waals surface area contributed by atoms with Crippen molar-refractivity contribution in [2.24, 2.45) is 0 Å². The van der Waals surface area contributed by atoms with E-state index in [0.29, 0.717) is 5.69 Å². The molecule has 4 nitrogen and oxygen atoms in total. The molecule has 1 aromatic carbocycles. The van der Waals surface area contributed by atoms with Gasteiger partial charge in [-0.25, -0.2) is 14.4 Å². The Morgan fingerprint density at radius 3 is 2.56 bits per heavy atom. The minimum absolute atomic E-state index is 0.244. The molecular weight excluding hydrogens is 308 g/mol. The number of rotatable bonds is 2. The number of hydrogen-bond donors (Lipinski definition) is 1. The summed E-state index contributed by atoms with van der Waals surface area (Å²) in [5.41, 5.74) is -0.101. The lowest BCUT2D eigenvalue weighted by Crippen LogP contribution is -2.16. The second-order valence-electron chi connectivity index (χ2n) is 3.29. The summed E-state index contributed by atoms with van der Waals surface area (Å²) in [6, 6.07) is 5.07. The maximum absolute atomic E-state index is 13.3. The molecule has 0 unspecified atom stereocenters. The number of hydrogen-bond acceptors (Lipinski definition) is 3. The third-order valence-electron chi connectivity index (χ3n) is 2.02. The average Bonchev–Trinajstić information content (AvgIpc) is 2.35. The van der Waals surface area contributed by atoms with Crippen molar-refractivity contribution in [2.45, 2.75) is 0 Å². The van der Waals surface area contributed by atoms with E-state index in [9.17, 15) is 13.6 Å². The summed E-state index contributed by atoms with van der Waals surface area (Å²) in [6.07, 6.45) is 1.14. The van der Waals surface area contributed by atoms with E-state index < -0.39 is 23.4 Å². The summed E-state index contributed by atoms with van der Waals surface area (Å²) in [5, 5.41) is 2.38. The predicted molar refractivity (Wildman–Crippen MR) is 64.0 cm³/mol. The second kappa shape index (κ2) is 5.18. The van der Waals surface area contributed by atoms with Gasteiger partial charge in [0.25, 0.3) is 5.91 Å². The Hall–Kier alpha value is -1.89. The van der Waals surface area contributed by atoms with Gasteiger partial charge >= 0.3 is 0 Å². The number of aromatic nitrogens is 2. The molecule has 0 aliphatic heterocycles.